The van der Waals surface area contributed by atoms with E-state index in [1.807, 2.05) is 0 Å². The third-order valence-corrected chi connectivity index (χ3v) is 4.07. The van der Waals surface area contributed by atoms with Crippen LogP contribution in [0.4, 0.5) is 52.7 Å². The van der Waals surface area contributed by atoms with E-state index in [0.29, 0.717) is 0 Å². The highest BCUT2D eigenvalue weighted by Gasteiger charge is 2.89. The number of ether oxygens (including phenoxy) is 2. The van der Waals surface area contributed by atoms with Gasteiger partial charge in [-0.1, -0.05) is 12.2 Å². The molecule has 0 amide bonds. The van der Waals surface area contributed by atoms with Gasteiger partial charge in [-0.25, -0.2) is 0 Å². The van der Waals surface area contributed by atoms with Crippen LogP contribution in [-0.4, -0.2) is 48.7 Å². The van der Waals surface area contributed by atoms with Crippen LogP contribution in [0.1, 0.15) is 39.5 Å². The van der Waals surface area contributed by atoms with Crippen LogP contribution in [0.3, 0.4) is 0 Å². The minimum Gasteiger partial charge on any atom is -0.502 e. The molecular weight excluding hydrogens is 476 g/mol. The molecule has 14 heteroatoms. The van der Waals surface area contributed by atoms with Crippen molar-refractivity contribution in [2.75, 3.05) is 13.2 Å². The van der Waals surface area contributed by atoms with Gasteiger partial charge in [0.05, 0.1) is 25.7 Å². The number of allylic oxidation sites excluding steroid dienone is 2. The molecule has 0 aromatic carbocycles. The van der Waals surface area contributed by atoms with Crippen LogP contribution < -0.4 is 0 Å². The summed E-state index contributed by atoms with van der Waals surface area (Å²) in [7, 11) is 0. The molecule has 0 aliphatic rings. The van der Waals surface area contributed by atoms with Gasteiger partial charge in [-0.2, -0.15) is 52.7 Å². The molecule has 0 fully saturated rings. The smallest absolute Gasteiger partial charge is 0.384 e. The molecule has 0 aromatic rings. The summed E-state index contributed by atoms with van der Waals surface area (Å²) < 4.78 is 173. The van der Waals surface area contributed by atoms with Crippen LogP contribution in [0.2, 0.25) is 0 Å². The van der Waals surface area contributed by atoms with E-state index in [4.69, 9.17) is 0 Å². The van der Waals surface area contributed by atoms with E-state index >= 15 is 0 Å². The maximum atomic E-state index is 13.8. The Kier molecular flexibility index (Phi) is 10.3. The molecule has 0 heterocycles. The van der Waals surface area contributed by atoms with Crippen molar-refractivity contribution in [3.63, 3.8) is 0 Å². The van der Waals surface area contributed by atoms with Gasteiger partial charge in [-0.3, -0.25) is 0 Å². The molecule has 0 rings (SSSR count). The first-order valence-electron chi connectivity index (χ1n) is 9.10. The maximum absolute atomic E-state index is 13.8. The van der Waals surface area contributed by atoms with Crippen LogP contribution in [0, 0.1) is 0 Å². The first-order valence-corrected chi connectivity index (χ1v) is 9.10. The van der Waals surface area contributed by atoms with Gasteiger partial charge in [0.2, 0.25) is 0 Å². The summed E-state index contributed by atoms with van der Waals surface area (Å²) in [6, 6.07) is 0. The lowest BCUT2D eigenvalue weighted by Gasteiger charge is -2.41. The highest BCUT2D eigenvalue weighted by molar-refractivity contribution is 5.11. The third-order valence-electron chi connectivity index (χ3n) is 4.07. The van der Waals surface area contributed by atoms with Crippen molar-refractivity contribution >= 4 is 0 Å². The van der Waals surface area contributed by atoms with Crippen LogP contribution in [0.25, 0.3) is 0 Å². The van der Waals surface area contributed by atoms with E-state index in [1.54, 1.807) is 0 Å². The topological polar surface area (TPSA) is 18.5 Å². The Balaban J connectivity index is 5.71. The van der Waals surface area contributed by atoms with Gasteiger partial charge in [0.1, 0.15) is 0 Å². The quantitative estimate of drug-likeness (QED) is 0.133. The van der Waals surface area contributed by atoms with Gasteiger partial charge in [0, 0.05) is 12.8 Å². The Morgan fingerprint density at radius 2 is 0.781 bits per heavy atom. The first kappa shape index (κ1) is 30.2. The molecule has 0 aliphatic heterocycles. The first-order chi connectivity index (χ1) is 14.4. The Hall–Kier alpha value is -1.76. The maximum Gasteiger partial charge on any atom is 0.384 e. The average Bonchev–Trinajstić information content (AvgIpc) is 2.66. The standard InChI is InChI=1S/C18H22F12O2/c1-3-9-31-11-5-7-13(19,20)15(23,24)17(27,28)18(29,30)16(25,26)14(21,22)8-6-12-32-10-4-2/h3-4,9-10H,5-8,11-12H2,1-2H3. The van der Waals surface area contributed by atoms with E-state index in [2.05, 4.69) is 9.47 Å². The minimum atomic E-state index is -7.54. The summed E-state index contributed by atoms with van der Waals surface area (Å²) in [5.74, 6) is -41.2. The summed E-state index contributed by atoms with van der Waals surface area (Å²) in [6.07, 6.45) is -2.13. The molecule has 2 nitrogen and oxygen atoms in total. The van der Waals surface area contributed by atoms with Gasteiger partial charge < -0.3 is 9.47 Å². The normalized spacial score (nSPS) is 15.1. The largest absolute Gasteiger partial charge is 0.502 e. The van der Waals surface area contributed by atoms with Crippen molar-refractivity contribution in [1.82, 2.24) is 0 Å². The van der Waals surface area contributed by atoms with Crippen LogP contribution in [0.5, 0.6) is 0 Å². The van der Waals surface area contributed by atoms with E-state index in [0.717, 1.165) is 12.5 Å². The average molecular weight is 498 g/mol. The molecular formula is C18H22F12O2. The fraction of sp³-hybridized carbons (Fsp3) is 0.778. The second-order valence-corrected chi connectivity index (χ2v) is 6.59. The zero-order valence-corrected chi connectivity index (χ0v) is 16.9. The number of halogens is 12. The van der Waals surface area contributed by atoms with E-state index in [1.165, 1.54) is 26.0 Å². The van der Waals surface area contributed by atoms with Crippen LogP contribution in [-0.2, 0) is 9.47 Å². The van der Waals surface area contributed by atoms with Crippen molar-refractivity contribution in [1.29, 1.82) is 0 Å². The molecule has 0 aliphatic carbocycles. The Labute approximate surface area is 176 Å². The SMILES string of the molecule is CC=COCCCC(F)(F)C(F)(F)C(F)(F)C(F)(F)C(F)(F)C(F)(F)CCCOC=CC. The van der Waals surface area contributed by atoms with Gasteiger partial charge >= 0.3 is 35.5 Å². The fourth-order valence-electron chi connectivity index (χ4n) is 2.25. The third kappa shape index (κ3) is 5.97. The molecule has 32 heavy (non-hydrogen) atoms. The van der Waals surface area contributed by atoms with E-state index < -0.39 is 74.4 Å². The molecule has 0 saturated carbocycles. The molecule has 0 atom stereocenters. The summed E-state index contributed by atoms with van der Waals surface area (Å²) in [5, 5.41) is 0. The molecule has 0 N–H and O–H groups in total. The molecule has 0 saturated heterocycles. The second kappa shape index (κ2) is 10.9. The monoisotopic (exact) mass is 498 g/mol. The highest BCUT2D eigenvalue weighted by Crippen LogP contribution is 2.61. The zero-order chi connectivity index (χ0) is 25.5. The number of alkyl halides is 12. The lowest BCUT2D eigenvalue weighted by Crippen LogP contribution is -2.70. The Bertz CT molecular complexity index is 575. The molecule has 190 valence electrons. The Morgan fingerprint density at radius 3 is 1.03 bits per heavy atom. The predicted octanol–water partition coefficient (Wildman–Crippen LogP) is 7.46. The number of rotatable bonds is 15. The van der Waals surface area contributed by atoms with Gasteiger partial charge in [-0.05, 0) is 26.7 Å². The lowest BCUT2D eigenvalue weighted by molar-refractivity contribution is -0.425. The summed E-state index contributed by atoms with van der Waals surface area (Å²) >= 11 is 0. The molecule has 0 aromatic heterocycles. The molecule has 0 bridgehead atoms. The second-order valence-electron chi connectivity index (χ2n) is 6.59. The van der Waals surface area contributed by atoms with E-state index in [9.17, 15) is 52.7 Å². The van der Waals surface area contributed by atoms with Gasteiger partial charge in [-0.15, -0.1) is 0 Å². The lowest BCUT2D eigenvalue weighted by atomic mass is 9.89. The van der Waals surface area contributed by atoms with Crippen molar-refractivity contribution < 1.29 is 62.2 Å². The summed E-state index contributed by atoms with van der Waals surface area (Å²) in [6.45, 7) is 1.39. The molecule has 0 radical (unpaired) electrons. The van der Waals surface area contributed by atoms with Crippen LogP contribution in [0.15, 0.2) is 24.7 Å². The minimum absolute atomic E-state index is 0.721. The summed E-state index contributed by atoms with van der Waals surface area (Å²) in [5.41, 5.74) is 0. The fourth-order valence-corrected chi connectivity index (χ4v) is 2.25. The predicted molar refractivity (Wildman–Crippen MR) is 89.7 cm³/mol. The number of hydrogen-bond donors (Lipinski definition) is 0. The van der Waals surface area contributed by atoms with Crippen molar-refractivity contribution in [2.24, 2.45) is 0 Å². The Morgan fingerprint density at radius 1 is 0.500 bits per heavy atom. The molecule has 0 unspecified atom stereocenters. The number of hydrogen-bond acceptors (Lipinski definition) is 2. The highest BCUT2D eigenvalue weighted by atomic mass is 19.4. The zero-order valence-electron chi connectivity index (χ0n) is 16.9. The van der Waals surface area contributed by atoms with Crippen molar-refractivity contribution in [2.45, 2.75) is 75.1 Å². The van der Waals surface area contributed by atoms with Crippen LogP contribution >= 0.6 is 0 Å². The van der Waals surface area contributed by atoms with Crippen molar-refractivity contribution in [3.8, 4) is 0 Å². The summed E-state index contributed by atoms with van der Waals surface area (Å²) in [4.78, 5) is 0. The molecule has 0 spiro atoms. The van der Waals surface area contributed by atoms with Gasteiger partial charge in [0.25, 0.3) is 0 Å². The van der Waals surface area contributed by atoms with E-state index in [-0.39, 0.29) is 0 Å². The van der Waals surface area contributed by atoms with Gasteiger partial charge in [0.15, 0.2) is 0 Å². The van der Waals surface area contributed by atoms with Crippen molar-refractivity contribution in [3.05, 3.63) is 24.7 Å².